The van der Waals surface area contributed by atoms with Gasteiger partial charge in [-0.25, -0.2) is 14.5 Å². The van der Waals surface area contributed by atoms with Gasteiger partial charge in [0.15, 0.2) is 5.70 Å². The van der Waals surface area contributed by atoms with Gasteiger partial charge in [-0.3, -0.25) is 24.7 Å². The van der Waals surface area contributed by atoms with Gasteiger partial charge in [0, 0.05) is 24.6 Å². The van der Waals surface area contributed by atoms with Gasteiger partial charge in [-0.1, -0.05) is 0 Å². The third-order valence-electron chi connectivity index (χ3n) is 3.54. The largest absolute Gasteiger partial charge is 0.480 e. The minimum atomic E-state index is -1.53. The van der Waals surface area contributed by atoms with Crippen molar-refractivity contribution >= 4 is 41.6 Å². The second-order valence-corrected chi connectivity index (χ2v) is 6.81. The number of nitrogens with one attached hydrogen (secondary N) is 2. The molecule has 0 aromatic carbocycles. The Morgan fingerprint density at radius 3 is 2.32 bits per heavy atom. The number of esters is 1. The van der Waals surface area contributed by atoms with Crippen LogP contribution in [-0.4, -0.2) is 83.1 Å². The molecule has 31 heavy (non-hydrogen) atoms. The van der Waals surface area contributed by atoms with Crippen molar-refractivity contribution in [3.63, 3.8) is 0 Å². The molecule has 0 saturated carbocycles. The zero-order valence-corrected chi connectivity index (χ0v) is 18.3. The molecule has 0 aliphatic carbocycles. The minimum absolute atomic E-state index is 0.0507. The van der Waals surface area contributed by atoms with Crippen LogP contribution in [-0.2, 0) is 28.8 Å². The van der Waals surface area contributed by atoms with Crippen LogP contribution in [0, 0.1) is 0 Å². The van der Waals surface area contributed by atoms with Crippen molar-refractivity contribution in [3.8, 4) is 0 Å². The number of imide groups is 1. The maximum atomic E-state index is 12.4. The number of amides is 3. The zero-order chi connectivity index (χ0) is 24.0. The van der Waals surface area contributed by atoms with Gasteiger partial charge < -0.3 is 26.0 Å². The van der Waals surface area contributed by atoms with Crippen molar-refractivity contribution in [2.75, 3.05) is 26.0 Å². The number of carboxylic acid groups (broad SMARTS) is 2. The van der Waals surface area contributed by atoms with E-state index in [0.29, 0.717) is 4.90 Å². The number of nitrogens with zero attached hydrogens (tertiary/aromatic N) is 1. The van der Waals surface area contributed by atoms with Crippen molar-refractivity contribution in [2.45, 2.75) is 38.8 Å². The lowest BCUT2D eigenvalue weighted by Crippen LogP contribution is -2.50. The van der Waals surface area contributed by atoms with Gasteiger partial charge in [0.2, 0.25) is 5.91 Å². The summed E-state index contributed by atoms with van der Waals surface area (Å²) in [5.74, 6) is -3.72. The minimum Gasteiger partial charge on any atom is -0.480 e. The average molecular weight is 464 g/mol. The maximum Gasteiger partial charge on any atom is 0.413 e. The van der Waals surface area contributed by atoms with Crippen LogP contribution in [0.1, 0.15) is 26.7 Å². The third-order valence-corrected chi connectivity index (χ3v) is 4.46. The summed E-state index contributed by atoms with van der Waals surface area (Å²) >= 11 is 0.923. The van der Waals surface area contributed by atoms with Crippen LogP contribution in [0.15, 0.2) is 11.1 Å². The fraction of sp³-hybridized carbons (Fsp3) is 0.588. The Hall–Kier alpha value is -2.84. The molecule has 6 N–H and O–H groups in total. The Morgan fingerprint density at radius 2 is 1.81 bits per heavy atom. The molecule has 13 nitrogen and oxygen atoms in total. The summed E-state index contributed by atoms with van der Waals surface area (Å²) in [4.78, 5) is 63.6. The van der Waals surface area contributed by atoms with E-state index >= 15 is 0 Å². The van der Waals surface area contributed by atoms with Crippen LogP contribution < -0.4 is 16.5 Å². The summed E-state index contributed by atoms with van der Waals surface area (Å²) in [6.45, 7) is 3.67. The normalized spacial score (nSPS) is 13.0. The van der Waals surface area contributed by atoms with Crippen LogP contribution in [0.5, 0.6) is 0 Å². The van der Waals surface area contributed by atoms with Gasteiger partial charge in [0.1, 0.15) is 12.1 Å². The van der Waals surface area contributed by atoms with Gasteiger partial charge >= 0.3 is 18.0 Å². The SMILES string of the molecule is CCONC(=CSCC(NC(=O)CCC(N)C(=O)O)C(=O)N(C)C(=O)O)C(=O)OCC. The topological polar surface area (TPSA) is 198 Å². The smallest absolute Gasteiger partial charge is 0.413 e. The van der Waals surface area contributed by atoms with E-state index in [1.165, 1.54) is 5.41 Å². The highest BCUT2D eigenvalue weighted by molar-refractivity contribution is 8.02. The number of hydroxylamine groups is 1. The van der Waals surface area contributed by atoms with Crippen LogP contribution in [0.25, 0.3) is 0 Å². The molecular formula is C17H28N4O9S. The van der Waals surface area contributed by atoms with Gasteiger partial charge in [-0.15, -0.1) is 11.8 Å². The van der Waals surface area contributed by atoms with Crippen LogP contribution >= 0.6 is 11.8 Å². The summed E-state index contributed by atoms with van der Waals surface area (Å²) in [7, 11) is 1.02. The van der Waals surface area contributed by atoms with E-state index in [-0.39, 0.29) is 37.5 Å². The number of hydrogen-bond acceptors (Lipinski definition) is 10. The second kappa shape index (κ2) is 15.0. The number of aliphatic carboxylic acids is 1. The molecule has 176 valence electrons. The summed E-state index contributed by atoms with van der Waals surface area (Å²) in [5.41, 5.74) is 7.69. The predicted molar refractivity (Wildman–Crippen MR) is 110 cm³/mol. The summed E-state index contributed by atoms with van der Waals surface area (Å²) < 4.78 is 4.87. The Kier molecular flexibility index (Phi) is 13.7. The fourth-order valence-electron chi connectivity index (χ4n) is 1.88. The molecule has 0 aliphatic heterocycles. The molecule has 0 saturated heterocycles. The maximum absolute atomic E-state index is 12.4. The van der Waals surface area contributed by atoms with E-state index in [0.717, 1.165) is 18.8 Å². The van der Waals surface area contributed by atoms with Gasteiger partial charge in [-0.2, -0.15) is 0 Å². The molecule has 0 radical (unpaired) electrons. The van der Waals surface area contributed by atoms with Gasteiger partial charge in [0.05, 0.1) is 13.2 Å². The Labute approximate surface area is 183 Å². The van der Waals surface area contributed by atoms with E-state index in [1.807, 2.05) is 0 Å². The van der Waals surface area contributed by atoms with Gasteiger partial charge in [-0.05, 0) is 20.3 Å². The second-order valence-electron chi connectivity index (χ2n) is 5.90. The zero-order valence-electron chi connectivity index (χ0n) is 17.5. The highest BCUT2D eigenvalue weighted by Crippen LogP contribution is 2.11. The number of carboxylic acids is 1. The molecule has 2 unspecified atom stereocenters. The number of rotatable bonds is 14. The summed E-state index contributed by atoms with van der Waals surface area (Å²) in [5, 5.41) is 21.4. The lowest BCUT2D eigenvalue weighted by molar-refractivity contribution is -0.141. The molecule has 0 aromatic heterocycles. The number of likely N-dealkylation sites (N-methyl/N-ethyl adjacent to an activating group) is 1. The molecule has 0 bridgehead atoms. The number of hydrogen-bond donors (Lipinski definition) is 5. The molecule has 2 atom stereocenters. The molecular weight excluding hydrogens is 436 g/mol. The molecule has 0 aliphatic rings. The van der Waals surface area contributed by atoms with E-state index < -0.39 is 41.9 Å². The summed E-state index contributed by atoms with van der Waals surface area (Å²) in [6.07, 6.45) is -1.98. The number of nitrogens with two attached hydrogens (primary N) is 1. The van der Waals surface area contributed by atoms with E-state index in [1.54, 1.807) is 13.8 Å². The number of carbonyl (C=O) groups is 5. The molecule has 0 heterocycles. The lowest BCUT2D eigenvalue weighted by atomic mass is 10.1. The monoisotopic (exact) mass is 464 g/mol. The third kappa shape index (κ3) is 11.2. The molecule has 0 rings (SSSR count). The van der Waals surface area contributed by atoms with E-state index in [2.05, 4.69) is 10.8 Å². The van der Waals surface area contributed by atoms with Crippen molar-refractivity contribution in [3.05, 3.63) is 11.1 Å². The predicted octanol–water partition coefficient (Wildman–Crippen LogP) is -0.521. The first kappa shape index (κ1) is 28.2. The van der Waals surface area contributed by atoms with Crippen molar-refractivity contribution in [1.29, 1.82) is 0 Å². The first-order valence-corrected chi connectivity index (χ1v) is 10.2. The average Bonchev–Trinajstić information content (AvgIpc) is 2.72. The Bertz CT molecular complexity index is 687. The highest BCUT2D eigenvalue weighted by atomic mass is 32.2. The molecule has 0 fully saturated rings. The number of carbonyl (C=O) groups excluding carboxylic acids is 3. The standard InChI is InChI=1S/C17H28N4O9S/c1-4-29-16(26)12(20-30-5-2)9-31-8-11(14(23)21(3)17(27)28)19-13(22)7-6-10(18)15(24)25/h9-11,20H,4-8,18H2,1-3H3,(H,19,22)(H,24,25)(H,27,28). The van der Waals surface area contributed by atoms with Gasteiger partial charge in [0.25, 0.3) is 5.91 Å². The highest BCUT2D eigenvalue weighted by Gasteiger charge is 2.27. The molecule has 14 heteroatoms. The lowest BCUT2D eigenvalue weighted by Gasteiger charge is -2.21. The Morgan fingerprint density at radius 1 is 1.16 bits per heavy atom. The van der Waals surface area contributed by atoms with Crippen molar-refractivity contribution < 1.29 is 43.8 Å². The van der Waals surface area contributed by atoms with E-state index in [4.69, 9.17) is 25.5 Å². The molecule has 0 spiro atoms. The Balaban J connectivity index is 5.25. The number of ether oxygens (including phenoxy) is 1. The van der Waals surface area contributed by atoms with Crippen molar-refractivity contribution in [1.82, 2.24) is 15.7 Å². The van der Waals surface area contributed by atoms with Crippen molar-refractivity contribution in [2.24, 2.45) is 5.73 Å². The van der Waals surface area contributed by atoms with Crippen LogP contribution in [0.4, 0.5) is 4.79 Å². The first-order valence-electron chi connectivity index (χ1n) is 9.19. The molecule has 3 amide bonds. The number of thioether (sulfide) groups is 1. The molecule has 0 aromatic rings. The van der Waals surface area contributed by atoms with Crippen LogP contribution in [0.3, 0.4) is 0 Å². The van der Waals surface area contributed by atoms with E-state index in [9.17, 15) is 24.0 Å². The fourth-order valence-corrected chi connectivity index (χ4v) is 2.71. The quantitative estimate of drug-likeness (QED) is 0.125. The van der Waals surface area contributed by atoms with Crippen LogP contribution in [0.2, 0.25) is 0 Å². The summed E-state index contributed by atoms with van der Waals surface area (Å²) in [6, 6.07) is -2.53. The first-order chi connectivity index (χ1) is 14.5.